The summed E-state index contributed by atoms with van der Waals surface area (Å²) in [6.07, 6.45) is 2.73. The number of anilines is 4. The fraction of sp³-hybridized carbons (Fsp3) is 0.432. The molecule has 2 unspecified atom stereocenters. The van der Waals surface area contributed by atoms with Crippen LogP contribution in [-0.4, -0.2) is 101 Å². The maximum Gasteiger partial charge on any atom is 0.325 e. The molecule has 7 rings (SSSR count). The summed E-state index contributed by atoms with van der Waals surface area (Å²) >= 11 is 0.837. The Morgan fingerprint density at radius 1 is 0.764 bits per heavy atom. The number of carbonyl (C=O) groups excluding carboxylic acids is 1. The van der Waals surface area contributed by atoms with Crippen molar-refractivity contribution in [3.8, 4) is 10.6 Å². The van der Waals surface area contributed by atoms with Gasteiger partial charge in [0.15, 0.2) is 22.1 Å². The van der Waals surface area contributed by atoms with Gasteiger partial charge in [-0.1, -0.05) is 11.3 Å². The second-order valence-electron chi connectivity index (χ2n) is 14.2. The Kier molecular flexibility index (Phi) is 10.3. The van der Waals surface area contributed by atoms with Gasteiger partial charge in [0.25, 0.3) is 0 Å². The lowest BCUT2D eigenvalue weighted by molar-refractivity contribution is 0.232. The van der Waals surface area contributed by atoms with Crippen molar-refractivity contribution in [2.75, 3.05) is 73.8 Å². The maximum atomic E-state index is 16.1. The molecule has 2 aliphatic rings. The van der Waals surface area contributed by atoms with Crippen LogP contribution in [0.15, 0.2) is 34.1 Å². The number of pyridine rings is 2. The van der Waals surface area contributed by atoms with Gasteiger partial charge in [-0.25, -0.2) is 22.4 Å². The molecule has 2 amide bonds. The standard InChI is InChI=1S/C37H42F4N10O3S/c1-7-48-17-23(33(52)21-13-24(38)31(27(40)29(21)48)50-11-9-46(5)19(3)15-50)35-44-45-37(55-35)43-36(54)42-26-18-49(8-2)30-22(34(26)53)14-25(39)32(28(30)41)51-12-10-47(6)20(4)16-51/h13-14,17-20H,7-12,15-16H2,1-6H3,(H2,42,43,45,54). The van der Waals surface area contributed by atoms with Crippen molar-refractivity contribution in [2.24, 2.45) is 0 Å². The Bertz CT molecular complexity index is 2450. The van der Waals surface area contributed by atoms with Gasteiger partial charge in [-0.2, -0.15) is 0 Å². The smallest absolute Gasteiger partial charge is 0.325 e. The highest BCUT2D eigenvalue weighted by molar-refractivity contribution is 7.18. The molecule has 18 heteroatoms. The SMILES string of the molecule is CCn1cc(NC(=O)Nc2nnc(-c3cn(CC)c4c(F)c(N5CCN(C)C(C)C5)c(F)cc4c3=O)s2)c(=O)c2cc(F)c(N3CCN(C)C(C)C3)c(F)c21. The number of nitrogens with zero attached hydrogens (tertiary/aromatic N) is 8. The lowest BCUT2D eigenvalue weighted by atomic mass is 10.1. The Balaban J connectivity index is 1.15. The van der Waals surface area contributed by atoms with Gasteiger partial charge in [0.1, 0.15) is 28.7 Å². The van der Waals surface area contributed by atoms with E-state index in [9.17, 15) is 14.4 Å². The van der Waals surface area contributed by atoms with Crippen molar-refractivity contribution < 1.29 is 22.4 Å². The predicted molar refractivity (Wildman–Crippen MR) is 208 cm³/mol. The molecule has 0 spiro atoms. The monoisotopic (exact) mass is 782 g/mol. The van der Waals surface area contributed by atoms with Crippen molar-refractivity contribution in [1.82, 2.24) is 29.1 Å². The molecule has 0 radical (unpaired) electrons. The third-order valence-electron chi connectivity index (χ3n) is 10.8. The molecular weight excluding hydrogens is 741 g/mol. The second-order valence-corrected chi connectivity index (χ2v) is 15.2. The largest absolute Gasteiger partial charge is 0.364 e. The molecule has 0 bridgehead atoms. The molecule has 2 aromatic carbocycles. The van der Waals surface area contributed by atoms with E-state index in [0.717, 1.165) is 23.5 Å². The molecule has 5 heterocycles. The van der Waals surface area contributed by atoms with Gasteiger partial charge in [-0.3, -0.25) is 14.9 Å². The highest BCUT2D eigenvalue weighted by atomic mass is 32.1. The first-order valence-electron chi connectivity index (χ1n) is 18.1. The first kappa shape index (κ1) is 38.2. The van der Waals surface area contributed by atoms with E-state index in [4.69, 9.17) is 0 Å². The highest BCUT2D eigenvalue weighted by Crippen LogP contribution is 2.34. The normalized spacial score (nSPS) is 18.4. The lowest BCUT2D eigenvalue weighted by Crippen LogP contribution is -2.50. The average Bonchev–Trinajstić information content (AvgIpc) is 3.60. The van der Waals surface area contributed by atoms with Crippen LogP contribution in [0.2, 0.25) is 0 Å². The first-order chi connectivity index (χ1) is 26.2. The minimum atomic E-state index is -0.898. The van der Waals surface area contributed by atoms with Crippen molar-refractivity contribution in [3.63, 3.8) is 0 Å². The molecule has 55 heavy (non-hydrogen) atoms. The number of fused-ring (bicyclic) bond motifs is 2. The van der Waals surface area contributed by atoms with E-state index < -0.39 is 40.2 Å². The quantitative estimate of drug-likeness (QED) is 0.210. The zero-order valence-corrected chi connectivity index (χ0v) is 32.2. The number of likely N-dealkylation sites (N-methyl/N-ethyl adjacent to an activating group) is 2. The minimum Gasteiger partial charge on any atom is -0.364 e. The summed E-state index contributed by atoms with van der Waals surface area (Å²) in [6.45, 7) is 10.8. The van der Waals surface area contributed by atoms with Gasteiger partial charge in [0.05, 0.1) is 27.4 Å². The molecule has 5 aromatic rings. The van der Waals surface area contributed by atoms with E-state index in [2.05, 4.69) is 30.6 Å². The van der Waals surface area contributed by atoms with Crippen LogP contribution in [-0.2, 0) is 13.1 Å². The van der Waals surface area contributed by atoms with Crippen LogP contribution < -0.4 is 31.3 Å². The number of piperazine rings is 2. The topological polar surface area (TPSA) is 124 Å². The number of hydrogen-bond donors (Lipinski definition) is 2. The van der Waals surface area contributed by atoms with Gasteiger partial charge < -0.3 is 34.1 Å². The molecule has 13 nitrogen and oxygen atoms in total. The zero-order valence-electron chi connectivity index (χ0n) is 31.3. The summed E-state index contributed by atoms with van der Waals surface area (Å²) in [5.41, 5.74) is -2.13. The van der Waals surface area contributed by atoms with Gasteiger partial charge in [0, 0.05) is 76.8 Å². The first-order valence-corrected chi connectivity index (χ1v) is 19.0. The summed E-state index contributed by atoms with van der Waals surface area (Å²) in [5.74, 6) is -3.40. The van der Waals surface area contributed by atoms with E-state index in [1.54, 1.807) is 23.6 Å². The van der Waals surface area contributed by atoms with Crippen LogP contribution in [0.25, 0.3) is 32.4 Å². The number of hydrogen-bond acceptors (Lipinski definition) is 10. The Morgan fingerprint density at radius 3 is 1.78 bits per heavy atom. The molecule has 2 N–H and O–H groups in total. The van der Waals surface area contributed by atoms with E-state index in [1.807, 2.05) is 27.9 Å². The molecular formula is C37H42F4N10O3S. The van der Waals surface area contributed by atoms with Gasteiger partial charge >= 0.3 is 6.03 Å². The van der Waals surface area contributed by atoms with E-state index >= 15 is 17.6 Å². The van der Waals surface area contributed by atoms with Crippen molar-refractivity contribution in [3.05, 3.63) is 68.2 Å². The van der Waals surface area contributed by atoms with E-state index in [0.29, 0.717) is 39.3 Å². The number of carbonyl (C=O) groups is 1. The van der Waals surface area contributed by atoms with Gasteiger partial charge in [-0.15, -0.1) is 10.2 Å². The Morgan fingerprint density at radius 2 is 1.27 bits per heavy atom. The number of urea groups is 1. The fourth-order valence-electron chi connectivity index (χ4n) is 7.41. The zero-order chi connectivity index (χ0) is 39.5. The molecule has 3 aromatic heterocycles. The molecule has 0 saturated carbocycles. The van der Waals surface area contributed by atoms with Crippen LogP contribution in [0.1, 0.15) is 27.7 Å². The summed E-state index contributed by atoms with van der Waals surface area (Å²) < 4.78 is 66.3. The molecule has 2 saturated heterocycles. The fourth-order valence-corrected chi connectivity index (χ4v) is 8.16. The van der Waals surface area contributed by atoms with E-state index in [1.165, 1.54) is 21.5 Å². The number of rotatable bonds is 7. The van der Waals surface area contributed by atoms with Crippen molar-refractivity contribution in [1.29, 1.82) is 0 Å². The molecule has 2 aliphatic heterocycles. The second kappa shape index (κ2) is 14.9. The Labute approximate surface area is 317 Å². The van der Waals surface area contributed by atoms with Crippen molar-refractivity contribution in [2.45, 2.75) is 52.9 Å². The summed E-state index contributed by atoms with van der Waals surface area (Å²) in [5, 5.41) is 12.6. The van der Waals surface area contributed by atoms with E-state index in [-0.39, 0.29) is 79.7 Å². The summed E-state index contributed by atoms with van der Waals surface area (Å²) in [6, 6.07) is 1.30. The van der Waals surface area contributed by atoms with Crippen LogP contribution in [0, 0.1) is 23.3 Å². The van der Waals surface area contributed by atoms with Gasteiger partial charge in [-0.05, 0) is 53.9 Å². The maximum absolute atomic E-state index is 16.1. The molecule has 292 valence electrons. The third kappa shape index (κ3) is 6.80. The lowest BCUT2D eigenvalue weighted by Gasteiger charge is -2.39. The number of nitrogens with one attached hydrogen (secondary N) is 2. The van der Waals surface area contributed by atoms with Gasteiger partial charge in [0.2, 0.25) is 10.6 Å². The highest BCUT2D eigenvalue weighted by Gasteiger charge is 2.30. The average molecular weight is 783 g/mol. The number of benzene rings is 2. The van der Waals surface area contributed by atoms with Crippen LogP contribution in [0.3, 0.4) is 0 Å². The third-order valence-corrected chi connectivity index (χ3v) is 11.7. The van der Waals surface area contributed by atoms with Crippen molar-refractivity contribution >= 4 is 61.4 Å². The van der Waals surface area contributed by atoms with Crippen LogP contribution in [0.4, 0.5) is 44.5 Å². The Hall–Kier alpha value is -5.07. The molecule has 2 fully saturated rings. The minimum absolute atomic E-state index is 0.0230. The molecule has 0 aliphatic carbocycles. The molecule has 2 atom stereocenters. The predicted octanol–water partition coefficient (Wildman–Crippen LogP) is 5.36. The summed E-state index contributed by atoms with van der Waals surface area (Å²) in [4.78, 5) is 47.9. The number of halogens is 4. The number of aryl methyl sites for hydroxylation is 2. The van der Waals surface area contributed by atoms with Crippen LogP contribution in [0.5, 0.6) is 0 Å². The van der Waals surface area contributed by atoms with Crippen LogP contribution >= 0.6 is 11.3 Å². The number of aromatic nitrogens is 4. The summed E-state index contributed by atoms with van der Waals surface area (Å²) in [7, 11) is 3.90. The number of amides is 2.